The average Bonchev–Trinajstić information content (AvgIpc) is 2.69. The van der Waals surface area contributed by atoms with Crippen molar-refractivity contribution in [3.05, 3.63) is 40.1 Å². The van der Waals surface area contributed by atoms with Crippen LogP contribution in [0.1, 0.15) is 11.4 Å². The molecular weight excluding hydrogens is 367 g/mol. The Morgan fingerprint density at radius 1 is 1.41 bits per heavy atom. The summed E-state index contributed by atoms with van der Waals surface area (Å²) >= 11 is 2.83. The number of benzene rings is 1. The summed E-state index contributed by atoms with van der Waals surface area (Å²) < 4.78 is 39.0. The molecule has 0 saturated carbocycles. The zero-order valence-electron chi connectivity index (χ0n) is 11.3. The van der Waals surface area contributed by atoms with E-state index in [1.54, 1.807) is 12.1 Å². The van der Waals surface area contributed by atoms with Gasteiger partial charge in [-0.2, -0.15) is 18.3 Å². The number of anilines is 1. The topological polar surface area (TPSA) is 67.2 Å². The Bertz CT molecular complexity index is 713. The third-order valence-corrected chi connectivity index (χ3v) is 3.82. The minimum Gasteiger partial charge on any atom is -0.506 e. The van der Waals surface area contributed by atoms with Crippen molar-refractivity contribution in [3.8, 4) is 5.75 Å². The molecule has 0 aliphatic heterocycles. The molecule has 118 valence electrons. The van der Waals surface area contributed by atoms with Crippen molar-refractivity contribution < 1.29 is 23.1 Å². The Hall–Kier alpha value is -2.03. The van der Waals surface area contributed by atoms with Crippen molar-refractivity contribution in [1.29, 1.82) is 0 Å². The first-order chi connectivity index (χ1) is 10.2. The van der Waals surface area contributed by atoms with Gasteiger partial charge < -0.3 is 10.4 Å². The molecule has 1 amide bonds. The number of carbonyl (C=O) groups is 1. The predicted octanol–water partition coefficient (Wildman–Crippen LogP) is 3.32. The molecule has 0 aliphatic rings. The second-order valence-electron chi connectivity index (χ2n) is 4.47. The van der Waals surface area contributed by atoms with Gasteiger partial charge in [-0.3, -0.25) is 9.48 Å². The Balaban J connectivity index is 2.18. The lowest BCUT2D eigenvalue weighted by Crippen LogP contribution is -2.20. The van der Waals surface area contributed by atoms with Crippen LogP contribution in [0, 0.1) is 6.92 Å². The van der Waals surface area contributed by atoms with Gasteiger partial charge in [-0.1, -0.05) is 12.1 Å². The molecule has 2 N–H and O–H groups in total. The zero-order valence-corrected chi connectivity index (χ0v) is 12.9. The molecule has 0 unspecified atom stereocenters. The van der Waals surface area contributed by atoms with Crippen LogP contribution in [0.3, 0.4) is 0 Å². The molecule has 0 fully saturated rings. The number of hydrogen-bond acceptors (Lipinski definition) is 3. The van der Waals surface area contributed by atoms with Crippen LogP contribution in [0.2, 0.25) is 0 Å². The van der Waals surface area contributed by atoms with Gasteiger partial charge in [0.05, 0.1) is 15.9 Å². The number of alkyl halides is 3. The number of nitrogens with one attached hydrogen (secondary N) is 1. The highest BCUT2D eigenvalue weighted by molar-refractivity contribution is 9.10. The number of amides is 1. The lowest BCUT2D eigenvalue weighted by atomic mass is 10.3. The Kier molecular flexibility index (Phi) is 4.45. The van der Waals surface area contributed by atoms with Crippen molar-refractivity contribution >= 4 is 27.5 Å². The number of phenols is 1. The molecule has 1 aromatic heterocycles. The number of aromatic nitrogens is 2. The number of rotatable bonds is 3. The highest BCUT2D eigenvalue weighted by Crippen LogP contribution is 2.35. The first-order valence-electron chi connectivity index (χ1n) is 6.08. The zero-order chi connectivity index (χ0) is 16.5. The molecule has 1 aromatic carbocycles. The minimum atomic E-state index is -4.61. The van der Waals surface area contributed by atoms with Crippen molar-refractivity contribution in [1.82, 2.24) is 9.78 Å². The van der Waals surface area contributed by atoms with Crippen LogP contribution in [-0.4, -0.2) is 20.8 Å². The number of carbonyl (C=O) groups excluding carboxylic acids is 1. The van der Waals surface area contributed by atoms with E-state index in [0.29, 0.717) is 0 Å². The van der Waals surface area contributed by atoms with E-state index in [1.807, 2.05) is 0 Å². The van der Waals surface area contributed by atoms with Crippen LogP contribution < -0.4 is 5.32 Å². The first kappa shape index (κ1) is 16.3. The second kappa shape index (κ2) is 5.99. The van der Waals surface area contributed by atoms with E-state index in [1.165, 1.54) is 19.1 Å². The summed E-state index contributed by atoms with van der Waals surface area (Å²) in [6, 6.07) is 6.04. The maximum atomic E-state index is 12.7. The van der Waals surface area contributed by atoms with E-state index in [2.05, 4.69) is 26.3 Å². The van der Waals surface area contributed by atoms with Gasteiger partial charge in [-0.15, -0.1) is 0 Å². The molecule has 2 rings (SSSR count). The number of hydrogen-bond donors (Lipinski definition) is 2. The van der Waals surface area contributed by atoms with Gasteiger partial charge in [0.1, 0.15) is 12.3 Å². The molecule has 1 heterocycles. The molecule has 0 atom stereocenters. The molecule has 0 aliphatic carbocycles. The fraction of sp³-hybridized carbons (Fsp3) is 0.231. The summed E-state index contributed by atoms with van der Waals surface area (Å²) in [5.74, 6) is -0.737. The molecule has 2 aromatic rings. The van der Waals surface area contributed by atoms with Gasteiger partial charge in [-0.25, -0.2) is 0 Å². The fourth-order valence-electron chi connectivity index (χ4n) is 1.76. The van der Waals surface area contributed by atoms with E-state index >= 15 is 0 Å². The van der Waals surface area contributed by atoms with E-state index in [-0.39, 0.29) is 21.6 Å². The third-order valence-electron chi connectivity index (χ3n) is 2.87. The monoisotopic (exact) mass is 377 g/mol. The van der Waals surface area contributed by atoms with Crippen LogP contribution in [-0.2, 0) is 17.5 Å². The van der Waals surface area contributed by atoms with Gasteiger partial charge in [-0.05, 0) is 35.0 Å². The van der Waals surface area contributed by atoms with E-state index in [4.69, 9.17) is 0 Å². The van der Waals surface area contributed by atoms with Gasteiger partial charge in [0.25, 0.3) is 0 Å². The second-order valence-corrected chi connectivity index (χ2v) is 5.26. The number of para-hydroxylation sites is 2. The van der Waals surface area contributed by atoms with E-state index in [9.17, 15) is 23.1 Å². The van der Waals surface area contributed by atoms with Gasteiger partial charge in [0.15, 0.2) is 5.69 Å². The van der Waals surface area contributed by atoms with Crippen LogP contribution >= 0.6 is 15.9 Å². The number of halogens is 4. The van der Waals surface area contributed by atoms with Crippen LogP contribution in [0.25, 0.3) is 0 Å². The first-order valence-corrected chi connectivity index (χ1v) is 6.87. The SMILES string of the molecule is Cc1c(Br)c(C(F)(F)F)nn1CC(=O)Nc1ccccc1O. The summed E-state index contributed by atoms with van der Waals surface area (Å²) in [6.07, 6.45) is -4.61. The lowest BCUT2D eigenvalue weighted by molar-refractivity contribution is -0.142. The van der Waals surface area contributed by atoms with E-state index < -0.39 is 24.3 Å². The number of phenolic OH excluding ortho intramolecular Hbond substituents is 1. The van der Waals surface area contributed by atoms with E-state index in [0.717, 1.165) is 4.68 Å². The highest BCUT2D eigenvalue weighted by atomic mass is 79.9. The van der Waals surface area contributed by atoms with Crippen LogP contribution in [0.15, 0.2) is 28.7 Å². The number of nitrogens with zero attached hydrogens (tertiary/aromatic N) is 2. The van der Waals surface area contributed by atoms with Gasteiger partial charge in [0, 0.05) is 0 Å². The molecule has 22 heavy (non-hydrogen) atoms. The molecule has 0 saturated heterocycles. The summed E-state index contributed by atoms with van der Waals surface area (Å²) in [4.78, 5) is 11.9. The van der Waals surface area contributed by atoms with Gasteiger partial charge >= 0.3 is 6.18 Å². The maximum absolute atomic E-state index is 12.7. The third kappa shape index (κ3) is 3.41. The Morgan fingerprint density at radius 3 is 2.59 bits per heavy atom. The minimum absolute atomic E-state index is 0.134. The normalized spacial score (nSPS) is 11.5. The van der Waals surface area contributed by atoms with Crippen molar-refractivity contribution in [2.24, 2.45) is 0 Å². The fourth-order valence-corrected chi connectivity index (χ4v) is 2.27. The molecule has 0 bridgehead atoms. The smallest absolute Gasteiger partial charge is 0.436 e. The standard InChI is InChI=1S/C13H11BrF3N3O2/c1-7-11(14)12(13(15,16)17)19-20(7)6-10(22)18-8-4-2-3-5-9(8)21/h2-5,21H,6H2,1H3,(H,18,22). The van der Waals surface area contributed by atoms with Crippen molar-refractivity contribution in [2.45, 2.75) is 19.6 Å². The molecule has 9 heteroatoms. The Labute approximate surface area is 131 Å². The maximum Gasteiger partial charge on any atom is 0.436 e. The predicted molar refractivity (Wildman–Crippen MR) is 76.4 cm³/mol. The molecule has 5 nitrogen and oxygen atoms in total. The lowest BCUT2D eigenvalue weighted by Gasteiger charge is -2.08. The van der Waals surface area contributed by atoms with Crippen molar-refractivity contribution in [3.63, 3.8) is 0 Å². The summed E-state index contributed by atoms with van der Waals surface area (Å²) in [7, 11) is 0. The summed E-state index contributed by atoms with van der Waals surface area (Å²) in [5, 5.41) is 15.4. The molecular formula is C13H11BrF3N3O2. The Morgan fingerprint density at radius 2 is 2.05 bits per heavy atom. The molecule has 0 radical (unpaired) electrons. The van der Waals surface area contributed by atoms with Crippen molar-refractivity contribution in [2.75, 3.05) is 5.32 Å². The highest BCUT2D eigenvalue weighted by Gasteiger charge is 2.38. The molecule has 0 spiro atoms. The number of aromatic hydroxyl groups is 1. The average molecular weight is 378 g/mol. The largest absolute Gasteiger partial charge is 0.506 e. The van der Waals surface area contributed by atoms with Gasteiger partial charge in [0.2, 0.25) is 5.91 Å². The summed E-state index contributed by atoms with van der Waals surface area (Å²) in [5.41, 5.74) is -0.729. The summed E-state index contributed by atoms with van der Waals surface area (Å²) in [6.45, 7) is 1.01. The quantitative estimate of drug-likeness (QED) is 0.806. The van der Waals surface area contributed by atoms with Crippen LogP contribution in [0.5, 0.6) is 5.75 Å². The van der Waals surface area contributed by atoms with Crippen LogP contribution in [0.4, 0.5) is 18.9 Å².